The molecule has 2 aromatic carbocycles. The largest absolute Gasteiger partial charge is 0.494 e. The second kappa shape index (κ2) is 8.77. The number of carbonyl (C=O) groups excluding carboxylic acids is 1. The van der Waals surface area contributed by atoms with Crippen LogP contribution in [0.25, 0.3) is 0 Å². The van der Waals surface area contributed by atoms with Crippen molar-refractivity contribution in [3.05, 3.63) is 58.1 Å². The van der Waals surface area contributed by atoms with Gasteiger partial charge in [-0.05, 0) is 49.5 Å². The number of rotatable bonds is 6. The van der Waals surface area contributed by atoms with Gasteiger partial charge in [0.05, 0.1) is 36.0 Å². The minimum Gasteiger partial charge on any atom is -0.494 e. The van der Waals surface area contributed by atoms with Crippen LogP contribution < -0.4 is 15.4 Å². The second-order valence-corrected chi connectivity index (χ2v) is 5.43. The maximum absolute atomic E-state index is 11.6. The highest BCUT2D eigenvalue weighted by Crippen LogP contribution is 2.29. The van der Waals surface area contributed by atoms with Crippen LogP contribution in [-0.2, 0) is 4.74 Å². The molecule has 26 heavy (non-hydrogen) atoms. The minimum absolute atomic E-state index is 0.0826. The van der Waals surface area contributed by atoms with E-state index in [1.165, 1.54) is 25.3 Å². The molecular formula is C17H17N3O5S. The normalized spacial score (nSPS) is 9.92. The molecule has 2 rings (SSSR count). The third-order valence-corrected chi connectivity index (χ3v) is 3.50. The smallest absolute Gasteiger partial charge is 0.338 e. The molecule has 0 unspecified atom stereocenters. The molecule has 0 aliphatic heterocycles. The summed E-state index contributed by atoms with van der Waals surface area (Å²) in [6, 6.07) is 10.8. The van der Waals surface area contributed by atoms with E-state index in [4.69, 9.17) is 21.7 Å². The van der Waals surface area contributed by atoms with Gasteiger partial charge in [-0.1, -0.05) is 0 Å². The number of non-ortho nitro benzene ring substituents is 1. The molecule has 0 spiro atoms. The average molecular weight is 375 g/mol. The van der Waals surface area contributed by atoms with E-state index in [-0.39, 0.29) is 10.8 Å². The average Bonchev–Trinajstić information content (AvgIpc) is 2.62. The predicted molar refractivity (Wildman–Crippen MR) is 102 cm³/mol. The van der Waals surface area contributed by atoms with E-state index in [1.54, 1.807) is 31.2 Å². The zero-order valence-electron chi connectivity index (χ0n) is 14.1. The van der Waals surface area contributed by atoms with E-state index in [2.05, 4.69) is 10.6 Å². The Morgan fingerprint density at radius 2 is 1.88 bits per heavy atom. The highest BCUT2D eigenvalue weighted by Gasteiger charge is 2.12. The summed E-state index contributed by atoms with van der Waals surface area (Å²) in [7, 11) is 1.41. The quantitative estimate of drug-likeness (QED) is 0.342. The number of ether oxygens (including phenoxy) is 2. The number of nitrogens with one attached hydrogen (secondary N) is 2. The van der Waals surface area contributed by atoms with Crippen LogP contribution in [-0.4, -0.2) is 29.7 Å². The lowest BCUT2D eigenvalue weighted by atomic mass is 10.2. The van der Waals surface area contributed by atoms with Crippen molar-refractivity contribution in [1.82, 2.24) is 0 Å². The minimum atomic E-state index is -0.506. The number of hydrogen-bond acceptors (Lipinski definition) is 6. The van der Waals surface area contributed by atoms with Crippen LogP contribution in [0.15, 0.2) is 42.5 Å². The molecule has 0 heterocycles. The summed E-state index contributed by atoms with van der Waals surface area (Å²) >= 11 is 5.23. The number of nitro benzene ring substituents is 1. The van der Waals surface area contributed by atoms with Gasteiger partial charge < -0.3 is 20.1 Å². The molecule has 0 atom stereocenters. The maximum Gasteiger partial charge on any atom is 0.338 e. The third kappa shape index (κ3) is 4.90. The molecule has 0 bridgehead atoms. The van der Waals surface area contributed by atoms with Crippen molar-refractivity contribution in [2.45, 2.75) is 6.92 Å². The van der Waals surface area contributed by atoms with Gasteiger partial charge in [-0.2, -0.15) is 0 Å². The summed E-state index contributed by atoms with van der Waals surface area (Å²) in [5.41, 5.74) is 1.50. The number of hydrogen-bond donors (Lipinski definition) is 2. The van der Waals surface area contributed by atoms with Gasteiger partial charge in [-0.3, -0.25) is 10.1 Å². The Kier molecular flexibility index (Phi) is 6.45. The molecule has 0 fully saturated rings. The second-order valence-electron chi connectivity index (χ2n) is 5.02. The van der Waals surface area contributed by atoms with Crippen LogP contribution in [0.5, 0.6) is 5.75 Å². The van der Waals surface area contributed by atoms with Crippen molar-refractivity contribution >= 4 is 40.4 Å². The zero-order valence-corrected chi connectivity index (χ0v) is 15.0. The lowest BCUT2D eigenvalue weighted by Crippen LogP contribution is -2.19. The van der Waals surface area contributed by atoms with Crippen LogP contribution in [0.3, 0.4) is 0 Å². The number of benzene rings is 2. The van der Waals surface area contributed by atoms with Crippen LogP contribution in [0.4, 0.5) is 17.1 Å². The zero-order chi connectivity index (χ0) is 19.1. The number of nitrogens with zero attached hydrogens (tertiary/aromatic N) is 1. The molecule has 9 heteroatoms. The summed E-state index contributed by atoms with van der Waals surface area (Å²) in [5, 5.41) is 17.0. The van der Waals surface area contributed by atoms with Gasteiger partial charge in [0.1, 0.15) is 5.75 Å². The summed E-state index contributed by atoms with van der Waals surface area (Å²) in [4.78, 5) is 21.9. The van der Waals surface area contributed by atoms with E-state index in [0.29, 0.717) is 29.3 Å². The van der Waals surface area contributed by atoms with Crippen molar-refractivity contribution in [3.63, 3.8) is 0 Å². The van der Waals surface area contributed by atoms with E-state index in [1.807, 2.05) is 0 Å². The van der Waals surface area contributed by atoms with Crippen molar-refractivity contribution in [3.8, 4) is 5.75 Å². The first-order valence-corrected chi connectivity index (χ1v) is 8.03. The van der Waals surface area contributed by atoms with Crippen LogP contribution in [0.2, 0.25) is 0 Å². The first-order chi connectivity index (χ1) is 12.4. The highest BCUT2D eigenvalue weighted by molar-refractivity contribution is 7.80. The van der Waals surface area contributed by atoms with E-state index in [0.717, 1.165) is 0 Å². The molecule has 0 aliphatic carbocycles. The van der Waals surface area contributed by atoms with E-state index < -0.39 is 10.9 Å². The van der Waals surface area contributed by atoms with Crippen molar-refractivity contribution < 1.29 is 19.2 Å². The van der Waals surface area contributed by atoms with E-state index in [9.17, 15) is 14.9 Å². The summed E-state index contributed by atoms with van der Waals surface area (Å²) < 4.78 is 10.1. The molecule has 0 aromatic heterocycles. The fourth-order valence-electron chi connectivity index (χ4n) is 2.09. The molecular weight excluding hydrogens is 358 g/mol. The van der Waals surface area contributed by atoms with Crippen LogP contribution >= 0.6 is 12.2 Å². The van der Waals surface area contributed by atoms with Gasteiger partial charge >= 0.3 is 5.97 Å². The lowest BCUT2D eigenvalue weighted by molar-refractivity contribution is -0.384. The number of methoxy groups -OCH3 is 1. The summed E-state index contributed by atoms with van der Waals surface area (Å²) in [6.07, 6.45) is 0. The first kappa shape index (κ1) is 19.1. The molecule has 136 valence electrons. The number of esters is 1. The molecule has 0 saturated heterocycles. The van der Waals surface area contributed by atoms with Crippen LogP contribution in [0.1, 0.15) is 17.3 Å². The molecule has 8 nitrogen and oxygen atoms in total. The SMILES string of the molecule is CCOC(=O)c1ccc(NC(=S)Nc2ccc([N+](=O)[O-])cc2OC)cc1. The first-order valence-electron chi connectivity index (χ1n) is 7.62. The van der Waals surface area contributed by atoms with Gasteiger partial charge in [-0.15, -0.1) is 0 Å². The van der Waals surface area contributed by atoms with Gasteiger partial charge in [-0.25, -0.2) is 4.79 Å². The molecule has 0 radical (unpaired) electrons. The van der Waals surface area contributed by atoms with Crippen LogP contribution in [0, 0.1) is 10.1 Å². The van der Waals surface area contributed by atoms with Gasteiger partial charge in [0.2, 0.25) is 0 Å². The number of thiocarbonyl (C=S) groups is 1. The van der Waals surface area contributed by atoms with E-state index >= 15 is 0 Å². The molecule has 0 amide bonds. The highest BCUT2D eigenvalue weighted by atomic mass is 32.1. The number of carbonyl (C=O) groups is 1. The summed E-state index contributed by atoms with van der Waals surface area (Å²) in [5.74, 6) is -0.101. The Balaban J connectivity index is 2.04. The van der Waals surface area contributed by atoms with Crippen molar-refractivity contribution in [2.75, 3.05) is 24.4 Å². The van der Waals surface area contributed by atoms with Gasteiger partial charge in [0.15, 0.2) is 5.11 Å². The number of nitro groups is 1. The van der Waals surface area contributed by atoms with Crippen molar-refractivity contribution in [1.29, 1.82) is 0 Å². The maximum atomic E-state index is 11.6. The molecule has 2 N–H and O–H groups in total. The monoisotopic (exact) mass is 375 g/mol. The van der Waals surface area contributed by atoms with Crippen molar-refractivity contribution in [2.24, 2.45) is 0 Å². The Morgan fingerprint density at radius 3 is 2.46 bits per heavy atom. The standard InChI is InChI=1S/C17H17N3O5S/c1-3-25-16(21)11-4-6-12(7-5-11)18-17(26)19-14-9-8-13(20(22)23)10-15(14)24-2/h4-10H,3H2,1-2H3,(H2,18,19,26). The predicted octanol–water partition coefficient (Wildman–Crippen LogP) is 3.59. The molecule has 2 aromatic rings. The topological polar surface area (TPSA) is 103 Å². The Labute approximate surface area is 155 Å². The molecule has 0 saturated carbocycles. The third-order valence-electron chi connectivity index (χ3n) is 3.30. The Hall–Kier alpha value is -3.20. The Bertz CT molecular complexity index is 824. The number of anilines is 2. The fraction of sp³-hybridized carbons (Fsp3) is 0.176. The van der Waals surface area contributed by atoms with Gasteiger partial charge in [0, 0.05) is 11.8 Å². The lowest BCUT2D eigenvalue weighted by Gasteiger charge is -2.13. The Morgan fingerprint density at radius 1 is 1.19 bits per heavy atom. The fourth-order valence-corrected chi connectivity index (χ4v) is 2.31. The molecule has 0 aliphatic rings. The van der Waals surface area contributed by atoms with Gasteiger partial charge in [0.25, 0.3) is 5.69 Å². The summed E-state index contributed by atoms with van der Waals surface area (Å²) in [6.45, 7) is 2.05.